The van der Waals surface area contributed by atoms with Crippen LogP contribution in [0.15, 0.2) is 41.6 Å². The summed E-state index contributed by atoms with van der Waals surface area (Å²) >= 11 is 1.09. The van der Waals surface area contributed by atoms with Crippen molar-refractivity contribution in [2.45, 2.75) is 30.4 Å². The van der Waals surface area contributed by atoms with Crippen LogP contribution in [0.4, 0.5) is 0 Å². The molecule has 1 saturated heterocycles. The molecular formula is C21H22N2O8S. The molecule has 3 atom stereocenters. The molecule has 0 bridgehead atoms. The molecule has 2 aliphatic heterocycles. The number of carbonyl (C=O) groups excluding carboxylic acids is 4. The molecule has 2 heterocycles. The monoisotopic (exact) mass is 462 g/mol. The minimum Gasteiger partial charge on any atom is -0.477 e. The molecule has 11 heteroatoms. The molecule has 2 aliphatic rings. The van der Waals surface area contributed by atoms with E-state index in [1.165, 1.54) is 7.11 Å². The summed E-state index contributed by atoms with van der Waals surface area (Å²) in [5.41, 5.74) is -1.93. The number of carboxylic acid groups (broad SMARTS) is 1. The lowest BCUT2D eigenvalue weighted by Crippen LogP contribution is -2.81. The van der Waals surface area contributed by atoms with Gasteiger partial charge in [0.15, 0.2) is 11.7 Å². The molecule has 0 radical (unpaired) electrons. The number of thioether (sulfide) groups is 1. The summed E-state index contributed by atoms with van der Waals surface area (Å²) in [5.74, 6) is -5.65. The van der Waals surface area contributed by atoms with Gasteiger partial charge in [-0.15, -0.1) is 11.8 Å². The summed E-state index contributed by atoms with van der Waals surface area (Å²) in [7, 11) is 2.34. The van der Waals surface area contributed by atoms with E-state index in [0.717, 1.165) is 23.8 Å². The zero-order chi connectivity index (χ0) is 23.6. The molecule has 0 spiro atoms. The summed E-state index contributed by atoms with van der Waals surface area (Å²) in [5, 5.41) is 11.2. The quantitative estimate of drug-likeness (QED) is 0.246. The van der Waals surface area contributed by atoms with Gasteiger partial charge in [0, 0.05) is 24.9 Å². The first-order valence-corrected chi connectivity index (χ1v) is 10.7. The third-order valence-electron chi connectivity index (χ3n) is 5.35. The molecule has 10 nitrogen and oxygen atoms in total. The van der Waals surface area contributed by atoms with Gasteiger partial charge in [0.2, 0.25) is 5.91 Å². The highest BCUT2D eigenvalue weighted by molar-refractivity contribution is 8.00. The molecular weight excluding hydrogens is 440 g/mol. The predicted octanol–water partition coefficient (Wildman–Crippen LogP) is 0.635. The highest BCUT2D eigenvalue weighted by Gasteiger charge is 2.67. The standard InChI is InChI=1S/C21H22N2O8S/c1-4-13(24)12-10-32-20-21(31-3,19(29)23(20)15(12)17(26)27)22-16(25)14(18(28)30-2)11-8-6-5-7-9-11/h5-9,14,20H,4,10H2,1-3H3,(H,22,25)(H,26,27)/t14?,20-,21?/m1/s1. The second-order valence-corrected chi connectivity index (χ2v) is 8.11. The molecule has 3 rings (SSSR count). The Morgan fingerprint density at radius 1 is 1.25 bits per heavy atom. The number of carboxylic acids is 1. The average molecular weight is 462 g/mol. The Morgan fingerprint density at radius 2 is 1.91 bits per heavy atom. The van der Waals surface area contributed by atoms with Gasteiger partial charge in [-0.3, -0.25) is 24.1 Å². The van der Waals surface area contributed by atoms with E-state index in [2.05, 4.69) is 5.32 Å². The zero-order valence-corrected chi connectivity index (χ0v) is 18.4. The van der Waals surface area contributed by atoms with Crippen LogP contribution in [0.25, 0.3) is 0 Å². The van der Waals surface area contributed by atoms with Gasteiger partial charge >= 0.3 is 11.9 Å². The number of ketones is 1. The van der Waals surface area contributed by atoms with Crippen LogP contribution in [-0.2, 0) is 33.4 Å². The van der Waals surface area contributed by atoms with Crippen LogP contribution >= 0.6 is 11.8 Å². The SMILES string of the molecule is CCC(=O)C1=C(C(=O)O)N2C(=O)C(NC(=O)C(C(=O)OC)c3ccccc3)(OC)[C@H]2SC1. The Balaban J connectivity index is 1.95. The summed E-state index contributed by atoms with van der Waals surface area (Å²) < 4.78 is 10.1. The number of hydrogen-bond acceptors (Lipinski definition) is 8. The fourth-order valence-corrected chi connectivity index (χ4v) is 5.18. The number of carbonyl (C=O) groups is 5. The van der Waals surface area contributed by atoms with E-state index in [9.17, 15) is 29.1 Å². The Morgan fingerprint density at radius 3 is 2.44 bits per heavy atom. The molecule has 32 heavy (non-hydrogen) atoms. The minimum absolute atomic E-state index is 0.0300. The molecule has 0 aliphatic carbocycles. The number of hydrogen-bond donors (Lipinski definition) is 2. The summed E-state index contributed by atoms with van der Waals surface area (Å²) in [4.78, 5) is 63.6. The number of β-lactam (4-membered cyclic amide) rings is 1. The molecule has 1 aromatic carbocycles. The second kappa shape index (κ2) is 9.13. The van der Waals surface area contributed by atoms with Gasteiger partial charge in [0.1, 0.15) is 11.1 Å². The van der Waals surface area contributed by atoms with Crippen LogP contribution in [0.1, 0.15) is 24.8 Å². The molecule has 2 amide bonds. The lowest BCUT2D eigenvalue weighted by molar-refractivity contribution is -0.193. The zero-order valence-electron chi connectivity index (χ0n) is 17.6. The third-order valence-corrected chi connectivity index (χ3v) is 6.67. The Bertz CT molecular complexity index is 1010. The Hall–Kier alpha value is -3.18. The Kier molecular flexibility index (Phi) is 6.70. The fourth-order valence-electron chi connectivity index (χ4n) is 3.72. The largest absolute Gasteiger partial charge is 0.477 e. The van der Waals surface area contributed by atoms with E-state index >= 15 is 0 Å². The Labute approximate surface area is 187 Å². The predicted molar refractivity (Wildman–Crippen MR) is 112 cm³/mol. The van der Waals surface area contributed by atoms with E-state index in [0.29, 0.717) is 5.56 Å². The smallest absolute Gasteiger partial charge is 0.353 e. The average Bonchev–Trinajstić information content (AvgIpc) is 2.81. The molecule has 0 aromatic heterocycles. The maximum atomic E-state index is 13.1. The molecule has 2 unspecified atom stereocenters. The molecule has 2 N–H and O–H groups in total. The van der Waals surface area contributed by atoms with Gasteiger partial charge in [-0.25, -0.2) is 4.79 Å². The minimum atomic E-state index is -1.90. The van der Waals surface area contributed by atoms with Crippen LogP contribution < -0.4 is 5.32 Å². The number of esters is 1. The van der Waals surface area contributed by atoms with E-state index < -0.39 is 46.5 Å². The van der Waals surface area contributed by atoms with Gasteiger partial charge in [-0.05, 0) is 5.56 Å². The van der Waals surface area contributed by atoms with Crippen LogP contribution in [0.3, 0.4) is 0 Å². The number of aliphatic carboxylic acids is 1. The fraction of sp³-hybridized carbons (Fsp3) is 0.381. The molecule has 0 saturated carbocycles. The van der Waals surface area contributed by atoms with Crippen molar-refractivity contribution in [1.82, 2.24) is 10.2 Å². The van der Waals surface area contributed by atoms with Crippen LogP contribution in [0, 0.1) is 0 Å². The number of amides is 2. The number of nitrogens with zero attached hydrogens (tertiary/aromatic N) is 1. The van der Waals surface area contributed by atoms with Crippen molar-refractivity contribution in [3.8, 4) is 0 Å². The van der Waals surface area contributed by atoms with Gasteiger partial charge in [0.05, 0.1) is 7.11 Å². The number of benzene rings is 1. The number of fused-ring (bicyclic) bond motifs is 1. The summed E-state index contributed by atoms with van der Waals surface area (Å²) in [6.07, 6.45) is 0.0867. The summed E-state index contributed by atoms with van der Waals surface area (Å²) in [6, 6.07) is 8.15. The van der Waals surface area contributed by atoms with E-state index in [1.807, 2.05) is 0 Å². The molecule has 170 valence electrons. The molecule has 1 aromatic rings. The van der Waals surface area contributed by atoms with Crippen molar-refractivity contribution < 1.29 is 38.6 Å². The third kappa shape index (κ3) is 3.67. The van der Waals surface area contributed by atoms with Crippen molar-refractivity contribution in [3.05, 3.63) is 47.2 Å². The maximum absolute atomic E-state index is 13.1. The normalized spacial score (nSPS) is 23.0. The van der Waals surface area contributed by atoms with Crippen LogP contribution in [-0.4, -0.2) is 70.6 Å². The lowest BCUT2D eigenvalue weighted by atomic mass is 9.93. The number of rotatable bonds is 8. The number of Topliss-reactive ketones (excluding diaryl/α,β-unsaturated/α-hetero) is 1. The van der Waals surface area contributed by atoms with Gasteiger partial charge < -0.3 is 19.9 Å². The first-order valence-electron chi connectivity index (χ1n) is 9.68. The second-order valence-electron chi connectivity index (χ2n) is 7.04. The first kappa shape index (κ1) is 23.5. The van der Waals surface area contributed by atoms with Gasteiger partial charge in [-0.1, -0.05) is 37.3 Å². The molecule has 1 fully saturated rings. The van der Waals surface area contributed by atoms with Gasteiger partial charge in [-0.2, -0.15) is 0 Å². The van der Waals surface area contributed by atoms with Crippen LogP contribution in [0.2, 0.25) is 0 Å². The van der Waals surface area contributed by atoms with Crippen LogP contribution in [0.5, 0.6) is 0 Å². The van der Waals surface area contributed by atoms with E-state index in [4.69, 9.17) is 9.47 Å². The highest BCUT2D eigenvalue weighted by Crippen LogP contribution is 2.47. The van der Waals surface area contributed by atoms with Crippen molar-refractivity contribution in [1.29, 1.82) is 0 Å². The lowest BCUT2D eigenvalue weighted by Gasteiger charge is -2.55. The first-order chi connectivity index (χ1) is 15.2. The number of ether oxygens (including phenoxy) is 2. The van der Waals surface area contributed by atoms with Crippen molar-refractivity contribution in [2.75, 3.05) is 20.0 Å². The topological polar surface area (TPSA) is 139 Å². The number of nitrogens with one attached hydrogen (secondary N) is 1. The number of methoxy groups -OCH3 is 2. The van der Waals surface area contributed by atoms with Gasteiger partial charge in [0.25, 0.3) is 11.6 Å². The van der Waals surface area contributed by atoms with E-state index in [-0.39, 0.29) is 23.5 Å². The van der Waals surface area contributed by atoms with Crippen molar-refractivity contribution in [3.63, 3.8) is 0 Å². The summed E-state index contributed by atoms with van der Waals surface area (Å²) in [6.45, 7) is 1.60. The maximum Gasteiger partial charge on any atom is 0.353 e. The van der Waals surface area contributed by atoms with E-state index in [1.54, 1.807) is 37.3 Å². The highest BCUT2D eigenvalue weighted by atomic mass is 32.2. The van der Waals surface area contributed by atoms with Crippen molar-refractivity contribution in [2.24, 2.45) is 0 Å². The van der Waals surface area contributed by atoms with Crippen molar-refractivity contribution >= 4 is 41.3 Å².